The second-order valence-corrected chi connectivity index (χ2v) is 5.33. The molecule has 2 fully saturated rings. The number of hydrogen-bond donors (Lipinski definition) is 0. The first-order valence-corrected chi connectivity index (χ1v) is 6.44. The van der Waals surface area contributed by atoms with Gasteiger partial charge >= 0.3 is 0 Å². The van der Waals surface area contributed by atoms with Gasteiger partial charge in [0.1, 0.15) is 0 Å². The first kappa shape index (κ1) is 8.93. The van der Waals surface area contributed by atoms with Crippen LogP contribution in [0.3, 0.4) is 0 Å². The monoisotopic (exact) mass is 183 g/mol. The molecule has 0 aromatic heterocycles. The van der Waals surface area contributed by atoms with Crippen LogP contribution in [0.1, 0.15) is 51.4 Å². The van der Waals surface area contributed by atoms with Crippen LogP contribution >= 0.6 is 11.8 Å². The van der Waals surface area contributed by atoms with Crippen LogP contribution in [0.25, 0.3) is 0 Å². The van der Waals surface area contributed by atoms with E-state index in [1.165, 1.54) is 57.1 Å². The van der Waals surface area contributed by atoms with Crippen LogP contribution in [-0.4, -0.2) is 5.75 Å². The van der Waals surface area contributed by atoms with Gasteiger partial charge in [-0.1, -0.05) is 25.7 Å². The van der Waals surface area contributed by atoms with E-state index in [1.807, 2.05) is 5.25 Å². The molecule has 1 heterocycles. The van der Waals surface area contributed by atoms with E-state index in [-0.39, 0.29) is 0 Å². The molecule has 0 spiro atoms. The average molecular weight is 183 g/mol. The van der Waals surface area contributed by atoms with E-state index in [9.17, 15) is 0 Å². The Balaban J connectivity index is 1.80. The van der Waals surface area contributed by atoms with Crippen molar-refractivity contribution in [2.75, 3.05) is 5.75 Å². The Morgan fingerprint density at radius 2 is 1.75 bits per heavy atom. The minimum absolute atomic E-state index is 1.02. The molecule has 0 aromatic carbocycles. The smallest absolute Gasteiger partial charge is 0.0337 e. The molecule has 0 unspecified atom stereocenters. The summed E-state index contributed by atoms with van der Waals surface area (Å²) in [6.07, 6.45) is 11.9. The van der Waals surface area contributed by atoms with Crippen molar-refractivity contribution in [3.8, 4) is 0 Å². The molecule has 2 aliphatic rings. The summed E-state index contributed by atoms with van der Waals surface area (Å²) >= 11 is 2.19. The molecule has 12 heavy (non-hydrogen) atoms. The van der Waals surface area contributed by atoms with Gasteiger partial charge in [-0.15, -0.1) is 0 Å². The number of hydrogen-bond acceptors (Lipinski definition) is 1. The zero-order valence-electron chi connectivity index (χ0n) is 7.85. The lowest BCUT2D eigenvalue weighted by Gasteiger charge is -2.31. The van der Waals surface area contributed by atoms with E-state index in [4.69, 9.17) is 0 Å². The lowest BCUT2D eigenvalue weighted by atomic mass is 9.85. The second kappa shape index (κ2) is 4.55. The fraction of sp³-hybridized carbons (Fsp3) is 0.909. The Hall–Kier alpha value is 0.350. The summed E-state index contributed by atoms with van der Waals surface area (Å²) in [7, 11) is 0. The van der Waals surface area contributed by atoms with Gasteiger partial charge in [0.2, 0.25) is 0 Å². The van der Waals surface area contributed by atoms with Crippen molar-refractivity contribution < 1.29 is 0 Å². The summed E-state index contributed by atoms with van der Waals surface area (Å²) in [5.41, 5.74) is 0. The first-order chi connectivity index (χ1) is 5.97. The average Bonchev–Trinajstić information content (AvgIpc) is 2.21. The van der Waals surface area contributed by atoms with Crippen molar-refractivity contribution in [2.45, 2.75) is 51.4 Å². The number of thioether (sulfide) groups is 1. The van der Waals surface area contributed by atoms with Gasteiger partial charge in [-0.2, -0.15) is 11.8 Å². The molecule has 0 aromatic rings. The van der Waals surface area contributed by atoms with Crippen LogP contribution in [0.5, 0.6) is 0 Å². The normalized spacial score (nSPS) is 29.0. The topological polar surface area (TPSA) is 0 Å². The molecule has 1 saturated heterocycles. The molecular weight excluding hydrogens is 164 g/mol. The summed E-state index contributed by atoms with van der Waals surface area (Å²) < 4.78 is 0. The van der Waals surface area contributed by atoms with Crippen LogP contribution in [-0.2, 0) is 0 Å². The minimum atomic E-state index is 1.02. The van der Waals surface area contributed by atoms with E-state index < -0.39 is 0 Å². The quantitative estimate of drug-likeness (QED) is 0.592. The molecule has 0 atom stereocenters. The molecule has 69 valence electrons. The Bertz CT molecular complexity index is 105. The highest BCUT2D eigenvalue weighted by molar-refractivity contribution is 8.02. The third-order valence-corrected chi connectivity index (χ3v) is 4.57. The van der Waals surface area contributed by atoms with Crippen LogP contribution in [0.4, 0.5) is 0 Å². The van der Waals surface area contributed by atoms with E-state index in [2.05, 4.69) is 11.8 Å². The molecule has 0 nitrogen and oxygen atoms in total. The summed E-state index contributed by atoms with van der Waals surface area (Å²) in [5, 5.41) is 1.86. The predicted molar refractivity (Wildman–Crippen MR) is 56.1 cm³/mol. The van der Waals surface area contributed by atoms with Gasteiger partial charge in [0.15, 0.2) is 0 Å². The third-order valence-electron chi connectivity index (χ3n) is 3.17. The highest BCUT2D eigenvalue weighted by Crippen LogP contribution is 2.43. The van der Waals surface area contributed by atoms with Crippen LogP contribution < -0.4 is 0 Å². The number of rotatable bonds is 1. The highest BCUT2D eigenvalue weighted by Gasteiger charge is 2.25. The second-order valence-electron chi connectivity index (χ2n) is 4.11. The van der Waals surface area contributed by atoms with Crippen LogP contribution in [0.2, 0.25) is 0 Å². The molecule has 1 aliphatic carbocycles. The first-order valence-electron chi connectivity index (χ1n) is 5.45. The largest absolute Gasteiger partial charge is 0.153 e. The van der Waals surface area contributed by atoms with Crippen molar-refractivity contribution in [2.24, 2.45) is 5.92 Å². The Morgan fingerprint density at radius 3 is 2.42 bits per heavy atom. The van der Waals surface area contributed by atoms with Gasteiger partial charge in [0.25, 0.3) is 0 Å². The Labute approximate surface area is 80.5 Å². The third kappa shape index (κ3) is 2.18. The molecule has 1 saturated carbocycles. The van der Waals surface area contributed by atoms with E-state index in [0.29, 0.717) is 0 Å². The predicted octanol–water partition coefficient (Wildman–Crippen LogP) is 4.02. The van der Waals surface area contributed by atoms with Gasteiger partial charge < -0.3 is 0 Å². The van der Waals surface area contributed by atoms with Crippen molar-refractivity contribution in [3.63, 3.8) is 0 Å². The van der Waals surface area contributed by atoms with Crippen LogP contribution in [0.15, 0.2) is 0 Å². The molecule has 1 radical (unpaired) electrons. The van der Waals surface area contributed by atoms with Crippen molar-refractivity contribution >= 4 is 11.8 Å². The molecule has 0 N–H and O–H groups in total. The van der Waals surface area contributed by atoms with E-state index >= 15 is 0 Å². The zero-order chi connectivity index (χ0) is 8.23. The molecule has 1 heteroatoms. The fourth-order valence-electron chi connectivity index (χ4n) is 2.42. The summed E-state index contributed by atoms with van der Waals surface area (Å²) in [6, 6.07) is 0. The Kier molecular flexibility index (Phi) is 3.38. The van der Waals surface area contributed by atoms with E-state index in [1.54, 1.807) is 0 Å². The molecule has 2 rings (SSSR count). The van der Waals surface area contributed by atoms with Gasteiger partial charge in [-0.05, 0) is 37.4 Å². The molecule has 1 aliphatic heterocycles. The van der Waals surface area contributed by atoms with Gasteiger partial charge in [0.05, 0.1) is 0 Å². The Morgan fingerprint density at radius 1 is 0.917 bits per heavy atom. The summed E-state index contributed by atoms with van der Waals surface area (Å²) in [4.78, 5) is 0. The van der Waals surface area contributed by atoms with Crippen molar-refractivity contribution in [3.05, 3.63) is 5.25 Å². The summed E-state index contributed by atoms with van der Waals surface area (Å²) in [5.74, 6) is 2.43. The van der Waals surface area contributed by atoms with Gasteiger partial charge in [-0.25, -0.2) is 0 Å². The van der Waals surface area contributed by atoms with E-state index in [0.717, 1.165) is 5.92 Å². The highest BCUT2D eigenvalue weighted by atomic mass is 32.2. The van der Waals surface area contributed by atoms with Crippen LogP contribution in [0, 0.1) is 11.2 Å². The lowest BCUT2D eigenvalue weighted by Crippen LogP contribution is -2.16. The maximum atomic E-state index is 2.19. The molecule has 0 amide bonds. The maximum absolute atomic E-state index is 2.19. The molecular formula is C11H19S. The maximum Gasteiger partial charge on any atom is 0.0337 e. The van der Waals surface area contributed by atoms with Crippen molar-refractivity contribution in [1.29, 1.82) is 0 Å². The standard InChI is InChI=1S/C11H19S/c1-2-6-10(7-3-1)11-8-4-5-9-12-11/h10H,1-9H2. The SMILES string of the molecule is C1CCC([C]2CCCCS2)CC1. The van der Waals surface area contributed by atoms with Gasteiger partial charge in [0, 0.05) is 5.25 Å². The minimum Gasteiger partial charge on any atom is -0.153 e. The zero-order valence-corrected chi connectivity index (χ0v) is 8.67. The van der Waals surface area contributed by atoms with Crippen molar-refractivity contribution in [1.82, 2.24) is 0 Å². The fourth-order valence-corrected chi connectivity index (χ4v) is 3.79. The molecule has 0 bridgehead atoms. The summed E-state index contributed by atoms with van der Waals surface area (Å²) in [6.45, 7) is 0. The van der Waals surface area contributed by atoms with Gasteiger partial charge in [-0.3, -0.25) is 0 Å². The lowest BCUT2D eigenvalue weighted by molar-refractivity contribution is 0.377.